The van der Waals surface area contributed by atoms with E-state index in [1.165, 1.54) is 12.1 Å². The number of alkyl halides is 3. The fourth-order valence-electron chi connectivity index (χ4n) is 1.87. The van der Waals surface area contributed by atoms with Crippen LogP contribution in [0.5, 0.6) is 5.75 Å². The lowest BCUT2D eigenvalue weighted by Gasteiger charge is -2.11. The Morgan fingerprint density at radius 3 is 2.00 bits per heavy atom. The summed E-state index contributed by atoms with van der Waals surface area (Å²) in [5.74, 6) is -2.21. The Morgan fingerprint density at radius 2 is 1.55 bits per heavy atom. The minimum absolute atomic E-state index is 0.128. The summed E-state index contributed by atoms with van der Waals surface area (Å²) in [5.41, 5.74) is -0.0434. The van der Waals surface area contributed by atoms with Crippen molar-refractivity contribution in [2.75, 3.05) is 12.4 Å². The molecule has 0 fully saturated rings. The molecule has 0 aliphatic rings. The number of rotatable bonds is 4. The third kappa shape index (κ3) is 3.66. The van der Waals surface area contributed by atoms with Gasteiger partial charge in [-0.1, -0.05) is 12.1 Å². The van der Waals surface area contributed by atoms with Crippen LogP contribution in [0.4, 0.5) is 27.6 Å². The van der Waals surface area contributed by atoms with E-state index in [1.807, 2.05) is 0 Å². The van der Waals surface area contributed by atoms with Crippen LogP contribution in [-0.4, -0.2) is 7.11 Å². The predicted molar refractivity (Wildman–Crippen MR) is 71.7 cm³/mol. The lowest BCUT2D eigenvalue weighted by molar-refractivity contribution is -0.137. The molecule has 0 amide bonds. The second-order valence-electron chi connectivity index (χ2n) is 4.52. The van der Waals surface area contributed by atoms with E-state index in [2.05, 4.69) is 10.1 Å². The van der Waals surface area contributed by atoms with Crippen molar-refractivity contribution in [2.45, 2.75) is 12.7 Å². The van der Waals surface area contributed by atoms with Crippen LogP contribution in [-0.2, 0) is 12.7 Å². The van der Waals surface area contributed by atoms with Crippen molar-refractivity contribution in [3.05, 3.63) is 59.2 Å². The highest BCUT2D eigenvalue weighted by Gasteiger charge is 2.29. The molecule has 22 heavy (non-hydrogen) atoms. The fraction of sp³-hybridized carbons (Fsp3) is 0.200. The molecule has 2 aromatic rings. The molecule has 0 radical (unpaired) electrons. The number of hydrogen-bond acceptors (Lipinski definition) is 2. The minimum Gasteiger partial charge on any atom is -0.491 e. The lowest BCUT2D eigenvalue weighted by Crippen LogP contribution is -2.06. The van der Waals surface area contributed by atoms with Crippen molar-refractivity contribution in [1.29, 1.82) is 0 Å². The Balaban J connectivity index is 2.07. The van der Waals surface area contributed by atoms with Gasteiger partial charge in [0.25, 0.3) is 0 Å². The summed E-state index contributed by atoms with van der Waals surface area (Å²) in [4.78, 5) is 0. The highest BCUT2D eigenvalue weighted by Crippen LogP contribution is 2.29. The molecule has 0 aliphatic heterocycles. The maximum Gasteiger partial charge on any atom is 0.416 e. The van der Waals surface area contributed by atoms with E-state index >= 15 is 0 Å². The number of anilines is 1. The first kappa shape index (κ1) is 16.1. The predicted octanol–water partition coefficient (Wildman–Crippen LogP) is 4.60. The molecule has 0 atom stereocenters. The Morgan fingerprint density at radius 1 is 1.00 bits per heavy atom. The van der Waals surface area contributed by atoms with E-state index in [9.17, 15) is 22.0 Å². The summed E-state index contributed by atoms with van der Waals surface area (Å²) in [5, 5.41) is 2.74. The standard InChI is InChI=1S/C15H12F5NO/c1-22-14-12(16)6-11(7-13(14)17)21-8-9-2-4-10(5-3-9)15(18,19)20/h2-7,21H,8H2,1H3. The molecular weight excluding hydrogens is 305 g/mol. The number of nitrogens with one attached hydrogen (secondary N) is 1. The molecule has 0 bridgehead atoms. The van der Waals surface area contributed by atoms with Gasteiger partial charge in [0.05, 0.1) is 12.7 Å². The number of hydrogen-bond donors (Lipinski definition) is 1. The molecule has 0 saturated carbocycles. The van der Waals surface area contributed by atoms with Gasteiger partial charge in [-0.3, -0.25) is 0 Å². The molecule has 1 N–H and O–H groups in total. The van der Waals surface area contributed by atoms with Gasteiger partial charge in [-0.05, 0) is 17.7 Å². The lowest BCUT2D eigenvalue weighted by atomic mass is 10.1. The summed E-state index contributed by atoms with van der Waals surface area (Å²) >= 11 is 0. The Bertz CT molecular complexity index is 629. The van der Waals surface area contributed by atoms with Gasteiger partial charge in [0.2, 0.25) is 0 Å². The van der Waals surface area contributed by atoms with E-state index in [4.69, 9.17) is 0 Å². The van der Waals surface area contributed by atoms with Gasteiger partial charge in [0, 0.05) is 24.4 Å². The first-order valence-electron chi connectivity index (χ1n) is 6.24. The zero-order valence-corrected chi connectivity index (χ0v) is 11.5. The van der Waals surface area contributed by atoms with E-state index in [-0.39, 0.29) is 12.2 Å². The summed E-state index contributed by atoms with van der Waals surface area (Å²) in [6.07, 6.45) is -4.39. The zero-order chi connectivity index (χ0) is 16.3. The third-order valence-corrected chi connectivity index (χ3v) is 2.98. The fourth-order valence-corrected chi connectivity index (χ4v) is 1.87. The second-order valence-corrected chi connectivity index (χ2v) is 4.52. The van der Waals surface area contributed by atoms with E-state index in [0.29, 0.717) is 5.56 Å². The monoisotopic (exact) mass is 317 g/mol. The topological polar surface area (TPSA) is 21.3 Å². The average Bonchev–Trinajstić information content (AvgIpc) is 2.44. The average molecular weight is 317 g/mol. The van der Waals surface area contributed by atoms with Crippen LogP contribution >= 0.6 is 0 Å². The highest BCUT2D eigenvalue weighted by molar-refractivity contribution is 5.48. The number of methoxy groups -OCH3 is 1. The van der Waals surface area contributed by atoms with E-state index in [0.717, 1.165) is 31.4 Å². The third-order valence-electron chi connectivity index (χ3n) is 2.98. The van der Waals surface area contributed by atoms with Crippen LogP contribution in [0.1, 0.15) is 11.1 Å². The van der Waals surface area contributed by atoms with Crippen LogP contribution in [0.2, 0.25) is 0 Å². The molecule has 0 aliphatic carbocycles. The summed E-state index contributed by atoms with van der Waals surface area (Å²) < 4.78 is 68.8. The molecule has 118 valence electrons. The van der Waals surface area contributed by atoms with E-state index in [1.54, 1.807) is 0 Å². The van der Waals surface area contributed by atoms with Gasteiger partial charge in [-0.25, -0.2) is 8.78 Å². The molecule has 2 nitrogen and oxygen atoms in total. The summed E-state index contributed by atoms with van der Waals surface area (Å²) in [6, 6.07) is 6.59. The molecular formula is C15H12F5NO. The second kappa shape index (κ2) is 6.21. The Kier molecular flexibility index (Phi) is 4.54. The van der Waals surface area contributed by atoms with Crippen LogP contribution in [0.15, 0.2) is 36.4 Å². The van der Waals surface area contributed by atoms with Crippen molar-refractivity contribution in [2.24, 2.45) is 0 Å². The Hall–Kier alpha value is -2.31. The van der Waals surface area contributed by atoms with Crippen LogP contribution in [0, 0.1) is 11.6 Å². The van der Waals surface area contributed by atoms with Crippen molar-refractivity contribution in [3.63, 3.8) is 0 Å². The molecule has 0 unspecified atom stereocenters. The molecule has 2 aromatic carbocycles. The van der Waals surface area contributed by atoms with Crippen LogP contribution < -0.4 is 10.1 Å². The Labute approximate surface area is 123 Å². The summed E-state index contributed by atoms with van der Waals surface area (Å²) in [6.45, 7) is 0.128. The first-order chi connectivity index (χ1) is 10.3. The zero-order valence-electron chi connectivity index (χ0n) is 11.5. The maximum atomic E-state index is 13.5. The van der Waals surface area contributed by atoms with Crippen molar-refractivity contribution >= 4 is 5.69 Å². The van der Waals surface area contributed by atoms with Gasteiger partial charge in [-0.2, -0.15) is 13.2 Å². The normalized spacial score (nSPS) is 11.4. The van der Waals surface area contributed by atoms with Gasteiger partial charge in [0.15, 0.2) is 17.4 Å². The number of ether oxygens (including phenoxy) is 1. The SMILES string of the molecule is COc1c(F)cc(NCc2ccc(C(F)(F)F)cc2)cc1F. The molecule has 0 aromatic heterocycles. The first-order valence-corrected chi connectivity index (χ1v) is 6.24. The van der Waals surface area contributed by atoms with Crippen molar-refractivity contribution in [3.8, 4) is 5.75 Å². The number of halogens is 5. The molecule has 2 rings (SSSR count). The minimum atomic E-state index is -4.39. The van der Waals surface area contributed by atoms with Gasteiger partial charge in [-0.15, -0.1) is 0 Å². The molecule has 0 heterocycles. The quantitative estimate of drug-likeness (QED) is 0.832. The van der Waals surface area contributed by atoms with Gasteiger partial charge < -0.3 is 10.1 Å². The molecule has 0 saturated heterocycles. The van der Waals surface area contributed by atoms with Gasteiger partial charge in [0.1, 0.15) is 0 Å². The van der Waals surface area contributed by atoms with Crippen molar-refractivity contribution in [1.82, 2.24) is 0 Å². The maximum absolute atomic E-state index is 13.5. The highest BCUT2D eigenvalue weighted by atomic mass is 19.4. The summed E-state index contributed by atoms with van der Waals surface area (Å²) in [7, 11) is 1.15. The smallest absolute Gasteiger partial charge is 0.416 e. The van der Waals surface area contributed by atoms with Gasteiger partial charge >= 0.3 is 6.18 Å². The van der Waals surface area contributed by atoms with Crippen LogP contribution in [0.3, 0.4) is 0 Å². The molecule has 7 heteroatoms. The van der Waals surface area contributed by atoms with Crippen molar-refractivity contribution < 1.29 is 26.7 Å². The molecule has 0 spiro atoms. The van der Waals surface area contributed by atoms with E-state index < -0.39 is 29.1 Å². The number of benzene rings is 2. The van der Waals surface area contributed by atoms with Crippen LogP contribution in [0.25, 0.3) is 0 Å². The largest absolute Gasteiger partial charge is 0.491 e.